The molecule has 0 spiro atoms. The smallest absolute Gasteiger partial charge is 0.183 e. The Bertz CT molecular complexity index is 713. The summed E-state index contributed by atoms with van der Waals surface area (Å²) in [6.07, 6.45) is 0. The summed E-state index contributed by atoms with van der Waals surface area (Å²) in [4.78, 5) is 11.9. The molecule has 0 saturated heterocycles. The van der Waals surface area contributed by atoms with Crippen LogP contribution in [-0.2, 0) is 0 Å². The Morgan fingerprint density at radius 3 is 1.50 bits per heavy atom. The van der Waals surface area contributed by atoms with Gasteiger partial charge in [0.2, 0.25) is 0 Å². The van der Waals surface area contributed by atoms with Crippen LogP contribution < -0.4 is 5.43 Å². The van der Waals surface area contributed by atoms with E-state index in [0.717, 1.165) is 15.9 Å². The van der Waals surface area contributed by atoms with Crippen molar-refractivity contribution in [3.8, 4) is 22.5 Å². The van der Waals surface area contributed by atoms with Gasteiger partial charge in [-0.2, -0.15) is 4.73 Å². The summed E-state index contributed by atoms with van der Waals surface area (Å²) in [6, 6.07) is 21.6. The van der Waals surface area contributed by atoms with E-state index in [0.29, 0.717) is 11.4 Å². The molecular formula is C17H13NO2. The van der Waals surface area contributed by atoms with Gasteiger partial charge in [0, 0.05) is 23.3 Å². The standard InChI is InChI=1S/C17H13NO2/c19-15-11-16(13-7-3-1-4-8-13)18(20)17(12-15)14-9-5-2-6-10-14/h1-12,20H. The van der Waals surface area contributed by atoms with Crippen LogP contribution in [-0.4, -0.2) is 9.94 Å². The molecule has 3 rings (SSSR count). The van der Waals surface area contributed by atoms with Crippen LogP contribution in [0.15, 0.2) is 77.6 Å². The van der Waals surface area contributed by atoms with Gasteiger partial charge in [0.25, 0.3) is 0 Å². The highest BCUT2D eigenvalue weighted by atomic mass is 16.5. The highest BCUT2D eigenvalue weighted by molar-refractivity contribution is 5.66. The van der Waals surface area contributed by atoms with E-state index in [1.54, 1.807) is 0 Å². The van der Waals surface area contributed by atoms with Gasteiger partial charge in [-0.1, -0.05) is 60.7 Å². The number of hydrogen-bond acceptors (Lipinski definition) is 2. The number of benzene rings is 2. The van der Waals surface area contributed by atoms with E-state index < -0.39 is 0 Å². The van der Waals surface area contributed by atoms with Crippen LogP contribution in [0.25, 0.3) is 22.5 Å². The first-order valence-electron chi connectivity index (χ1n) is 6.33. The first-order chi connectivity index (χ1) is 9.75. The zero-order chi connectivity index (χ0) is 13.9. The molecule has 1 aromatic heterocycles. The van der Waals surface area contributed by atoms with Gasteiger partial charge >= 0.3 is 0 Å². The normalized spacial score (nSPS) is 10.4. The molecule has 0 aliphatic rings. The molecule has 0 atom stereocenters. The topological polar surface area (TPSA) is 42.2 Å². The molecule has 0 aliphatic carbocycles. The van der Waals surface area contributed by atoms with E-state index in [4.69, 9.17) is 0 Å². The minimum atomic E-state index is -0.131. The van der Waals surface area contributed by atoms with E-state index in [9.17, 15) is 10.0 Å². The van der Waals surface area contributed by atoms with Gasteiger partial charge in [0.05, 0.1) is 11.4 Å². The van der Waals surface area contributed by atoms with E-state index in [-0.39, 0.29) is 5.43 Å². The van der Waals surface area contributed by atoms with E-state index in [1.807, 2.05) is 60.7 Å². The van der Waals surface area contributed by atoms with Crippen LogP contribution in [0.3, 0.4) is 0 Å². The lowest BCUT2D eigenvalue weighted by Gasteiger charge is -2.12. The summed E-state index contributed by atoms with van der Waals surface area (Å²) in [5.41, 5.74) is 2.43. The van der Waals surface area contributed by atoms with Crippen LogP contribution >= 0.6 is 0 Å². The third-order valence-electron chi connectivity index (χ3n) is 3.15. The Morgan fingerprint density at radius 2 is 1.10 bits per heavy atom. The predicted octanol–water partition coefficient (Wildman–Crippen LogP) is 3.42. The largest absolute Gasteiger partial charge is 0.428 e. The zero-order valence-corrected chi connectivity index (χ0v) is 10.7. The van der Waals surface area contributed by atoms with Gasteiger partial charge in [-0.05, 0) is 0 Å². The number of aromatic nitrogens is 1. The van der Waals surface area contributed by atoms with Gasteiger partial charge in [0.1, 0.15) is 0 Å². The highest BCUT2D eigenvalue weighted by Crippen LogP contribution is 2.23. The Kier molecular flexibility index (Phi) is 3.09. The minimum absolute atomic E-state index is 0.131. The number of nitrogens with zero attached hydrogens (tertiary/aromatic N) is 1. The lowest BCUT2D eigenvalue weighted by molar-refractivity contribution is 0.194. The third-order valence-corrected chi connectivity index (χ3v) is 3.15. The van der Waals surface area contributed by atoms with Crippen molar-refractivity contribution in [2.24, 2.45) is 0 Å². The van der Waals surface area contributed by atoms with Crippen LogP contribution in [0, 0.1) is 0 Å². The van der Waals surface area contributed by atoms with Crippen LogP contribution in [0.2, 0.25) is 0 Å². The summed E-state index contributed by atoms with van der Waals surface area (Å²) in [7, 11) is 0. The lowest BCUT2D eigenvalue weighted by atomic mass is 10.1. The Hall–Kier alpha value is -2.81. The molecule has 3 heteroatoms. The Labute approximate surface area is 116 Å². The van der Waals surface area contributed by atoms with Crippen LogP contribution in [0.5, 0.6) is 0 Å². The van der Waals surface area contributed by atoms with E-state index in [1.165, 1.54) is 12.1 Å². The number of hydrogen-bond donors (Lipinski definition) is 1. The summed E-state index contributed by atoms with van der Waals surface area (Å²) >= 11 is 0. The molecular weight excluding hydrogens is 250 g/mol. The van der Waals surface area contributed by atoms with Crippen molar-refractivity contribution >= 4 is 0 Å². The molecule has 1 heterocycles. The Balaban J connectivity index is 2.24. The average molecular weight is 263 g/mol. The van der Waals surface area contributed by atoms with Gasteiger partial charge < -0.3 is 5.21 Å². The quantitative estimate of drug-likeness (QED) is 0.720. The molecule has 0 radical (unpaired) electrons. The molecule has 1 N–H and O–H groups in total. The van der Waals surface area contributed by atoms with Crippen molar-refractivity contribution in [3.05, 3.63) is 83.0 Å². The second-order valence-electron chi connectivity index (χ2n) is 4.51. The van der Waals surface area contributed by atoms with Crippen molar-refractivity contribution in [2.75, 3.05) is 0 Å². The van der Waals surface area contributed by atoms with Crippen molar-refractivity contribution < 1.29 is 5.21 Å². The predicted molar refractivity (Wildman–Crippen MR) is 78.8 cm³/mol. The first-order valence-corrected chi connectivity index (χ1v) is 6.33. The average Bonchev–Trinajstić information content (AvgIpc) is 2.51. The SMILES string of the molecule is O=c1cc(-c2ccccc2)n(O)c(-c2ccccc2)c1. The van der Waals surface area contributed by atoms with Crippen molar-refractivity contribution in [1.29, 1.82) is 0 Å². The number of rotatable bonds is 2. The summed E-state index contributed by atoms with van der Waals surface area (Å²) in [5, 5.41) is 10.4. The minimum Gasteiger partial charge on any atom is -0.428 e. The van der Waals surface area contributed by atoms with Crippen LogP contribution in [0.4, 0.5) is 0 Å². The van der Waals surface area contributed by atoms with Crippen molar-refractivity contribution in [1.82, 2.24) is 4.73 Å². The molecule has 0 bridgehead atoms. The Morgan fingerprint density at radius 1 is 0.700 bits per heavy atom. The summed E-state index contributed by atoms with van der Waals surface area (Å²) < 4.78 is 1.06. The highest BCUT2D eigenvalue weighted by Gasteiger charge is 2.10. The first kappa shape index (κ1) is 12.2. The second-order valence-corrected chi connectivity index (χ2v) is 4.51. The fourth-order valence-corrected chi connectivity index (χ4v) is 2.19. The zero-order valence-electron chi connectivity index (χ0n) is 10.7. The van der Waals surface area contributed by atoms with E-state index in [2.05, 4.69) is 0 Å². The molecule has 98 valence electrons. The second kappa shape index (κ2) is 5.05. The third kappa shape index (κ3) is 2.21. The summed E-state index contributed by atoms with van der Waals surface area (Å²) in [5.74, 6) is 0. The lowest BCUT2D eigenvalue weighted by Crippen LogP contribution is -2.10. The number of pyridine rings is 1. The molecule has 0 unspecified atom stereocenters. The molecule has 0 fully saturated rings. The van der Waals surface area contributed by atoms with Gasteiger partial charge in [-0.15, -0.1) is 0 Å². The molecule has 0 saturated carbocycles. The molecule has 3 aromatic rings. The maximum absolute atomic E-state index is 11.9. The van der Waals surface area contributed by atoms with Gasteiger partial charge in [-0.3, -0.25) is 4.79 Å². The molecule has 3 nitrogen and oxygen atoms in total. The van der Waals surface area contributed by atoms with Crippen molar-refractivity contribution in [3.63, 3.8) is 0 Å². The molecule has 0 aliphatic heterocycles. The van der Waals surface area contributed by atoms with Gasteiger partial charge in [-0.25, -0.2) is 0 Å². The summed E-state index contributed by atoms with van der Waals surface area (Å²) in [6.45, 7) is 0. The maximum Gasteiger partial charge on any atom is 0.183 e. The maximum atomic E-state index is 11.9. The molecule has 2 aromatic carbocycles. The fraction of sp³-hybridized carbons (Fsp3) is 0. The molecule has 0 amide bonds. The van der Waals surface area contributed by atoms with E-state index >= 15 is 0 Å². The molecule has 20 heavy (non-hydrogen) atoms. The van der Waals surface area contributed by atoms with Crippen molar-refractivity contribution in [2.45, 2.75) is 0 Å². The van der Waals surface area contributed by atoms with Gasteiger partial charge in [0.15, 0.2) is 5.43 Å². The van der Waals surface area contributed by atoms with Crippen LogP contribution in [0.1, 0.15) is 0 Å². The fourth-order valence-electron chi connectivity index (χ4n) is 2.19. The monoisotopic (exact) mass is 263 g/mol.